The van der Waals surface area contributed by atoms with Gasteiger partial charge in [0.1, 0.15) is 0 Å². The van der Waals surface area contributed by atoms with Gasteiger partial charge >= 0.3 is 0 Å². The van der Waals surface area contributed by atoms with E-state index in [-0.39, 0.29) is 0 Å². The van der Waals surface area contributed by atoms with Crippen LogP contribution in [0.5, 0.6) is 0 Å². The molecule has 0 aromatic carbocycles. The Morgan fingerprint density at radius 1 is 1.28 bits per heavy atom. The Morgan fingerprint density at radius 3 is 2.50 bits per heavy atom. The third kappa shape index (κ3) is 2.08. The molecule has 2 aromatic heterocycles. The molecule has 6 nitrogen and oxygen atoms in total. The molecule has 0 atom stereocenters. The summed E-state index contributed by atoms with van der Waals surface area (Å²) in [6, 6.07) is 0. The molecule has 0 amide bonds. The molecule has 98 valence electrons. The predicted molar refractivity (Wildman–Crippen MR) is 70.6 cm³/mol. The summed E-state index contributed by atoms with van der Waals surface area (Å²) in [6.07, 6.45) is 0.817. The van der Waals surface area contributed by atoms with Gasteiger partial charge in [-0.3, -0.25) is 4.68 Å². The Labute approximate surface area is 111 Å². The van der Waals surface area contributed by atoms with E-state index < -0.39 is 0 Å². The summed E-state index contributed by atoms with van der Waals surface area (Å²) < 4.78 is 3.64. The first-order chi connectivity index (χ1) is 8.58. The highest BCUT2D eigenvalue weighted by atomic mass is 35.5. The van der Waals surface area contributed by atoms with Crippen LogP contribution in [0.2, 0.25) is 5.02 Å². The van der Waals surface area contributed by atoms with E-state index in [4.69, 9.17) is 17.3 Å². The lowest BCUT2D eigenvalue weighted by atomic mass is 10.3. The molecule has 18 heavy (non-hydrogen) atoms. The van der Waals surface area contributed by atoms with Crippen molar-refractivity contribution in [1.29, 1.82) is 0 Å². The van der Waals surface area contributed by atoms with Crippen molar-refractivity contribution < 1.29 is 0 Å². The normalized spacial score (nSPS) is 11.1. The molecule has 2 aromatic rings. The number of aryl methyl sites for hydroxylation is 2. The van der Waals surface area contributed by atoms with Crippen LogP contribution in [-0.4, -0.2) is 24.8 Å². The fourth-order valence-electron chi connectivity index (χ4n) is 1.83. The van der Waals surface area contributed by atoms with Gasteiger partial charge in [-0.2, -0.15) is 5.10 Å². The van der Waals surface area contributed by atoms with Crippen LogP contribution in [0, 0.1) is 6.92 Å². The maximum atomic E-state index is 6.34. The van der Waals surface area contributed by atoms with Crippen LogP contribution in [0.25, 0.3) is 0 Å². The summed E-state index contributed by atoms with van der Waals surface area (Å²) in [5.74, 6) is 0.449. The molecule has 0 saturated carbocycles. The van der Waals surface area contributed by atoms with Crippen molar-refractivity contribution in [1.82, 2.24) is 24.8 Å². The van der Waals surface area contributed by atoms with Crippen LogP contribution in [-0.2, 0) is 19.5 Å². The van der Waals surface area contributed by atoms with Gasteiger partial charge in [-0.15, -0.1) is 5.10 Å². The summed E-state index contributed by atoms with van der Waals surface area (Å²) in [6.45, 7) is 7.27. The third-order valence-corrected chi connectivity index (χ3v) is 3.45. The Balaban J connectivity index is 2.39. The second-order valence-electron chi connectivity index (χ2n) is 4.09. The topological polar surface area (TPSA) is 74.5 Å². The van der Waals surface area contributed by atoms with E-state index in [0.29, 0.717) is 17.4 Å². The summed E-state index contributed by atoms with van der Waals surface area (Å²) in [5.41, 5.74) is 8.39. The molecule has 2 rings (SSSR count). The summed E-state index contributed by atoms with van der Waals surface area (Å²) in [7, 11) is 0. The largest absolute Gasteiger partial charge is 0.381 e. The number of hydrogen-bond acceptors (Lipinski definition) is 4. The average molecular weight is 269 g/mol. The van der Waals surface area contributed by atoms with Gasteiger partial charge in [0.05, 0.1) is 28.6 Å². The predicted octanol–water partition coefficient (Wildman–Crippen LogP) is 1.65. The maximum Gasteiger partial charge on any atom is 0.168 e. The lowest BCUT2D eigenvalue weighted by molar-refractivity contribution is 0.557. The van der Waals surface area contributed by atoms with Crippen molar-refractivity contribution in [3.63, 3.8) is 0 Å². The number of nitrogen functional groups attached to an aromatic ring is 1. The van der Waals surface area contributed by atoms with Gasteiger partial charge in [0.2, 0.25) is 0 Å². The molecule has 2 heterocycles. The molecule has 2 N–H and O–H groups in total. The van der Waals surface area contributed by atoms with Gasteiger partial charge in [-0.25, -0.2) is 4.68 Å². The van der Waals surface area contributed by atoms with Crippen molar-refractivity contribution in [2.24, 2.45) is 0 Å². The number of nitrogens with zero attached hydrogens (tertiary/aromatic N) is 5. The van der Waals surface area contributed by atoms with Crippen LogP contribution in [0.3, 0.4) is 0 Å². The second kappa shape index (κ2) is 4.97. The first kappa shape index (κ1) is 12.9. The van der Waals surface area contributed by atoms with E-state index in [0.717, 1.165) is 30.0 Å². The molecule has 0 aliphatic heterocycles. The SMILES string of the molecule is CCc1nn(CC)c(Cn2nnc(N)c2C)c1Cl. The van der Waals surface area contributed by atoms with Crippen molar-refractivity contribution in [3.05, 3.63) is 22.1 Å². The van der Waals surface area contributed by atoms with E-state index >= 15 is 0 Å². The zero-order chi connectivity index (χ0) is 13.3. The van der Waals surface area contributed by atoms with Gasteiger partial charge in [0.25, 0.3) is 0 Å². The maximum absolute atomic E-state index is 6.34. The second-order valence-corrected chi connectivity index (χ2v) is 4.47. The fraction of sp³-hybridized carbons (Fsp3) is 0.545. The molecule has 0 spiro atoms. The molecule has 0 aliphatic rings. The highest BCUT2D eigenvalue weighted by Gasteiger charge is 2.16. The minimum Gasteiger partial charge on any atom is -0.381 e. The van der Waals surface area contributed by atoms with Crippen molar-refractivity contribution in [2.45, 2.75) is 40.3 Å². The van der Waals surface area contributed by atoms with Crippen LogP contribution < -0.4 is 5.73 Å². The van der Waals surface area contributed by atoms with Gasteiger partial charge < -0.3 is 5.73 Å². The van der Waals surface area contributed by atoms with Crippen LogP contribution >= 0.6 is 11.6 Å². The Bertz CT molecular complexity index is 556. The molecule has 7 heteroatoms. The van der Waals surface area contributed by atoms with Crippen LogP contribution in [0.1, 0.15) is 30.9 Å². The van der Waals surface area contributed by atoms with E-state index in [2.05, 4.69) is 15.4 Å². The van der Waals surface area contributed by atoms with E-state index in [1.54, 1.807) is 4.68 Å². The lowest BCUT2D eigenvalue weighted by Crippen LogP contribution is -2.10. The molecule has 0 saturated heterocycles. The number of halogens is 1. The Kier molecular flexibility index (Phi) is 3.56. The fourth-order valence-corrected chi connectivity index (χ4v) is 2.16. The molecular weight excluding hydrogens is 252 g/mol. The zero-order valence-electron chi connectivity index (χ0n) is 10.8. The third-order valence-electron chi connectivity index (χ3n) is 3.01. The molecule has 0 fully saturated rings. The Hall–Kier alpha value is -1.56. The summed E-state index contributed by atoms with van der Waals surface area (Å²) in [4.78, 5) is 0. The van der Waals surface area contributed by atoms with Crippen LogP contribution in [0.4, 0.5) is 5.82 Å². The quantitative estimate of drug-likeness (QED) is 0.915. The highest BCUT2D eigenvalue weighted by Crippen LogP contribution is 2.23. The van der Waals surface area contributed by atoms with Gasteiger partial charge in [0.15, 0.2) is 5.82 Å². The standard InChI is InChI=1S/C11H17ClN6/c1-4-8-10(12)9(17(5-2)15-8)6-18-7(3)11(13)14-16-18/h4-6,13H2,1-3H3. The lowest BCUT2D eigenvalue weighted by Gasteiger charge is -2.06. The number of nitrogens with two attached hydrogens (primary N) is 1. The minimum atomic E-state index is 0.449. The van der Waals surface area contributed by atoms with E-state index in [1.807, 2.05) is 25.5 Å². The van der Waals surface area contributed by atoms with Gasteiger partial charge in [0, 0.05) is 6.54 Å². The zero-order valence-corrected chi connectivity index (χ0v) is 11.6. The van der Waals surface area contributed by atoms with Gasteiger partial charge in [-0.05, 0) is 20.3 Å². The highest BCUT2D eigenvalue weighted by molar-refractivity contribution is 6.31. The minimum absolute atomic E-state index is 0.449. The monoisotopic (exact) mass is 268 g/mol. The molecule has 0 bridgehead atoms. The van der Waals surface area contributed by atoms with Crippen molar-refractivity contribution >= 4 is 17.4 Å². The summed E-state index contributed by atoms with van der Waals surface area (Å²) in [5, 5.41) is 13.0. The molecule has 0 unspecified atom stereocenters. The molecule has 0 radical (unpaired) electrons. The number of anilines is 1. The van der Waals surface area contributed by atoms with Crippen LogP contribution in [0.15, 0.2) is 0 Å². The number of hydrogen-bond donors (Lipinski definition) is 1. The molecule has 0 aliphatic carbocycles. The first-order valence-corrected chi connectivity index (χ1v) is 6.35. The first-order valence-electron chi connectivity index (χ1n) is 5.98. The summed E-state index contributed by atoms with van der Waals surface area (Å²) >= 11 is 6.34. The molecular formula is C11H17ClN6. The van der Waals surface area contributed by atoms with Crippen molar-refractivity contribution in [2.75, 3.05) is 5.73 Å². The van der Waals surface area contributed by atoms with E-state index in [9.17, 15) is 0 Å². The number of rotatable bonds is 4. The smallest absolute Gasteiger partial charge is 0.168 e. The Morgan fingerprint density at radius 2 is 2.00 bits per heavy atom. The van der Waals surface area contributed by atoms with E-state index in [1.165, 1.54) is 0 Å². The van der Waals surface area contributed by atoms with Crippen molar-refractivity contribution in [3.8, 4) is 0 Å². The number of aromatic nitrogens is 5. The van der Waals surface area contributed by atoms with Gasteiger partial charge in [-0.1, -0.05) is 23.7 Å². The average Bonchev–Trinajstić information content (AvgIpc) is 2.85.